The van der Waals surface area contributed by atoms with E-state index in [1.54, 1.807) is 0 Å². The first-order valence-electron chi connectivity index (χ1n) is 4.99. The van der Waals surface area contributed by atoms with Crippen LogP contribution in [0, 0.1) is 5.82 Å². The van der Waals surface area contributed by atoms with E-state index in [0.29, 0.717) is 0 Å². The van der Waals surface area contributed by atoms with Crippen LogP contribution in [-0.2, 0) is 9.53 Å². The van der Waals surface area contributed by atoms with Gasteiger partial charge in [-0.3, -0.25) is 4.79 Å². The van der Waals surface area contributed by atoms with Crippen LogP contribution in [0.1, 0.15) is 10.4 Å². The number of amides is 1. The lowest BCUT2D eigenvalue weighted by Crippen LogP contribution is -2.37. The Bertz CT molecular complexity index is 442. The SMILES string of the molecule is COC(=O)C(O)CNC(=O)c1c(O)cccc1F. The van der Waals surface area contributed by atoms with Crippen LogP contribution in [0.5, 0.6) is 5.75 Å². The number of ether oxygens (including phenoxy) is 1. The predicted octanol–water partition coefficient (Wildman–Crippen LogP) is -0.205. The fraction of sp³-hybridized carbons (Fsp3) is 0.273. The molecule has 0 aliphatic rings. The molecule has 1 aromatic rings. The number of hydrogen-bond donors (Lipinski definition) is 3. The highest BCUT2D eigenvalue weighted by Crippen LogP contribution is 2.19. The summed E-state index contributed by atoms with van der Waals surface area (Å²) in [5, 5.41) is 20.6. The lowest BCUT2D eigenvalue weighted by molar-refractivity contribution is -0.149. The Hall–Kier alpha value is -2.15. The van der Waals surface area contributed by atoms with Gasteiger partial charge < -0.3 is 20.3 Å². The van der Waals surface area contributed by atoms with Gasteiger partial charge in [-0.25, -0.2) is 9.18 Å². The smallest absolute Gasteiger partial charge is 0.336 e. The minimum atomic E-state index is -1.55. The number of aromatic hydroxyl groups is 1. The molecule has 1 rings (SSSR count). The first-order chi connectivity index (χ1) is 8.47. The molecule has 0 fully saturated rings. The third kappa shape index (κ3) is 3.17. The zero-order chi connectivity index (χ0) is 13.7. The van der Waals surface area contributed by atoms with Crippen molar-refractivity contribution in [2.75, 3.05) is 13.7 Å². The molecule has 98 valence electrons. The Morgan fingerprint density at radius 2 is 2.17 bits per heavy atom. The maximum Gasteiger partial charge on any atom is 0.336 e. The molecule has 6 nitrogen and oxygen atoms in total. The monoisotopic (exact) mass is 257 g/mol. The summed E-state index contributed by atoms with van der Waals surface area (Å²) < 4.78 is 17.5. The van der Waals surface area contributed by atoms with E-state index in [4.69, 9.17) is 0 Å². The van der Waals surface area contributed by atoms with Crippen LogP contribution in [-0.4, -0.2) is 41.8 Å². The molecule has 0 heterocycles. The maximum absolute atomic E-state index is 13.3. The van der Waals surface area contributed by atoms with E-state index < -0.39 is 41.7 Å². The highest BCUT2D eigenvalue weighted by molar-refractivity contribution is 5.97. The molecule has 0 aliphatic heterocycles. The van der Waals surface area contributed by atoms with Crippen LogP contribution in [0.25, 0.3) is 0 Å². The van der Waals surface area contributed by atoms with Crippen molar-refractivity contribution in [3.05, 3.63) is 29.6 Å². The molecule has 0 bridgehead atoms. The van der Waals surface area contributed by atoms with Gasteiger partial charge in [-0.1, -0.05) is 6.07 Å². The quantitative estimate of drug-likeness (QED) is 0.649. The molecule has 0 aromatic heterocycles. The number of benzene rings is 1. The van der Waals surface area contributed by atoms with E-state index in [0.717, 1.165) is 19.2 Å². The first-order valence-corrected chi connectivity index (χ1v) is 4.99. The summed E-state index contributed by atoms with van der Waals surface area (Å²) in [5.41, 5.74) is -0.547. The Morgan fingerprint density at radius 3 is 2.72 bits per heavy atom. The van der Waals surface area contributed by atoms with E-state index in [2.05, 4.69) is 10.1 Å². The molecular formula is C11H12FNO5. The second-order valence-corrected chi connectivity index (χ2v) is 3.38. The Kier molecular flexibility index (Phi) is 4.61. The zero-order valence-electron chi connectivity index (χ0n) is 9.51. The predicted molar refractivity (Wildman–Crippen MR) is 58.4 cm³/mol. The number of aliphatic hydroxyl groups is 1. The Labute approximate surface area is 102 Å². The van der Waals surface area contributed by atoms with Gasteiger partial charge in [0.1, 0.15) is 17.1 Å². The number of esters is 1. The average molecular weight is 257 g/mol. The van der Waals surface area contributed by atoms with E-state index in [1.165, 1.54) is 6.07 Å². The molecule has 1 aromatic carbocycles. The highest BCUT2D eigenvalue weighted by Gasteiger charge is 2.20. The second-order valence-electron chi connectivity index (χ2n) is 3.38. The Balaban J connectivity index is 2.69. The fourth-order valence-electron chi connectivity index (χ4n) is 1.23. The summed E-state index contributed by atoms with van der Waals surface area (Å²) in [7, 11) is 1.08. The van der Waals surface area contributed by atoms with Gasteiger partial charge >= 0.3 is 5.97 Å². The maximum atomic E-state index is 13.3. The molecule has 0 aliphatic carbocycles. The van der Waals surface area contributed by atoms with Gasteiger partial charge in [0, 0.05) is 0 Å². The van der Waals surface area contributed by atoms with Gasteiger partial charge in [-0.05, 0) is 12.1 Å². The third-order valence-corrected chi connectivity index (χ3v) is 2.15. The summed E-state index contributed by atoms with van der Waals surface area (Å²) >= 11 is 0. The van der Waals surface area contributed by atoms with Crippen molar-refractivity contribution in [3.8, 4) is 5.75 Å². The van der Waals surface area contributed by atoms with Crippen molar-refractivity contribution < 1.29 is 28.9 Å². The normalized spacial score (nSPS) is 11.7. The number of nitrogens with one attached hydrogen (secondary N) is 1. The van der Waals surface area contributed by atoms with Gasteiger partial charge in [0.05, 0.1) is 13.7 Å². The third-order valence-electron chi connectivity index (χ3n) is 2.15. The summed E-state index contributed by atoms with van der Waals surface area (Å²) in [4.78, 5) is 22.4. The van der Waals surface area contributed by atoms with Crippen LogP contribution < -0.4 is 5.32 Å². The molecule has 7 heteroatoms. The molecule has 3 N–H and O–H groups in total. The van der Waals surface area contributed by atoms with Gasteiger partial charge in [0.25, 0.3) is 5.91 Å². The number of rotatable bonds is 4. The number of phenols is 1. The molecule has 0 saturated heterocycles. The van der Waals surface area contributed by atoms with E-state index in [-0.39, 0.29) is 0 Å². The topological polar surface area (TPSA) is 95.9 Å². The van der Waals surface area contributed by atoms with Crippen molar-refractivity contribution in [2.45, 2.75) is 6.10 Å². The number of carbonyl (C=O) groups excluding carboxylic acids is 2. The van der Waals surface area contributed by atoms with Crippen molar-refractivity contribution in [2.24, 2.45) is 0 Å². The minimum absolute atomic E-state index is 0.445. The summed E-state index contributed by atoms with van der Waals surface area (Å²) in [6.45, 7) is -0.445. The molecule has 0 saturated carbocycles. The second kappa shape index (κ2) is 5.97. The number of methoxy groups -OCH3 is 1. The van der Waals surface area contributed by atoms with Crippen molar-refractivity contribution >= 4 is 11.9 Å². The number of carbonyl (C=O) groups is 2. The first kappa shape index (κ1) is 13.9. The minimum Gasteiger partial charge on any atom is -0.507 e. The van der Waals surface area contributed by atoms with Gasteiger partial charge in [0.2, 0.25) is 0 Å². The van der Waals surface area contributed by atoms with Crippen LogP contribution in [0.15, 0.2) is 18.2 Å². The highest BCUT2D eigenvalue weighted by atomic mass is 19.1. The standard InChI is InChI=1S/C11H12FNO5/c1-18-11(17)8(15)5-13-10(16)9-6(12)3-2-4-7(9)14/h2-4,8,14-15H,5H2,1H3,(H,13,16). The molecule has 18 heavy (non-hydrogen) atoms. The molecule has 0 radical (unpaired) electrons. The molecular weight excluding hydrogens is 245 g/mol. The molecule has 0 spiro atoms. The van der Waals surface area contributed by atoms with Crippen LogP contribution >= 0.6 is 0 Å². The number of aliphatic hydroxyl groups excluding tert-OH is 1. The van der Waals surface area contributed by atoms with Crippen LogP contribution in [0.3, 0.4) is 0 Å². The number of phenolic OH excluding ortho intramolecular Hbond substituents is 1. The molecule has 1 amide bonds. The van der Waals surface area contributed by atoms with E-state index >= 15 is 0 Å². The summed E-state index contributed by atoms with van der Waals surface area (Å²) in [6.07, 6.45) is -1.55. The molecule has 1 atom stereocenters. The van der Waals surface area contributed by atoms with Gasteiger partial charge in [0.15, 0.2) is 6.10 Å². The summed E-state index contributed by atoms with van der Waals surface area (Å²) in [6, 6.07) is 3.39. The summed E-state index contributed by atoms with van der Waals surface area (Å²) in [5.74, 6) is -3.29. The number of hydrogen-bond acceptors (Lipinski definition) is 5. The van der Waals surface area contributed by atoms with E-state index in [1.807, 2.05) is 0 Å². The molecule has 1 unspecified atom stereocenters. The zero-order valence-corrected chi connectivity index (χ0v) is 9.51. The van der Waals surface area contributed by atoms with Gasteiger partial charge in [-0.2, -0.15) is 0 Å². The fourth-order valence-corrected chi connectivity index (χ4v) is 1.23. The van der Waals surface area contributed by atoms with Crippen molar-refractivity contribution in [3.63, 3.8) is 0 Å². The van der Waals surface area contributed by atoms with Gasteiger partial charge in [-0.15, -0.1) is 0 Å². The van der Waals surface area contributed by atoms with Crippen LogP contribution in [0.2, 0.25) is 0 Å². The number of halogens is 1. The lowest BCUT2D eigenvalue weighted by atomic mass is 10.1. The lowest BCUT2D eigenvalue weighted by Gasteiger charge is -2.10. The average Bonchev–Trinajstić information content (AvgIpc) is 2.34. The van der Waals surface area contributed by atoms with Crippen LogP contribution in [0.4, 0.5) is 4.39 Å². The van der Waals surface area contributed by atoms with Crippen molar-refractivity contribution in [1.82, 2.24) is 5.32 Å². The largest absolute Gasteiger partial charge is 0.507 e. The Morgan fingerprint density at radius 1 is 1.50 bits per heavy atom. The van der Waals surface area contributed by atoms with E-state index in [9.17, 15) is 24.2 Å². The van der Waals surface area contributed by atoms with Crippen molar-refractivity contribution in [1.29, 1.82) is 0 Å².